The lowest BCUT2D eigenvalue weighted by molar-refractivity contribution is 0.265. The molecule has 1 saturated carbocycles. The molecule has 1 atom stereocenters. The van der Waals surface area contributed by atoms with E-state index >= 15 is 0 Å². The number of hydrogen-bond donors (Lipinski definition) is 2. The third-order valence-electron chi connectivity index (χ3n) is 3.14. The zero-order valence-electron chi connectivity index (χ0n) is 10.1. The number of rotatable bonds is 6. The Morgan fingerprint density at radius 3 is 2.53 bits per heavy atom. The molecule has 2 rings (SSSR count). The van der Waals surface area contributed by atoms with Crippen molar-refractivity contribution in [1.29, 1.82) is 0 Å². The molecule has 4 nitrogen and oxygen atoms in total. The van der Waals surface area contributed by atoms with E-state index in [1.807, 2.05) is 0 Å². The van der Waals surface area contributed by atoms with Crippen molar-refractivity contribution in [3.05, 3.63) is 28.2 Å². The van der Waals surface area contributed by atoms with Gasteiger partial charge in [-0.05, 0) is 43.4 Å². The molecular weight excluding hydrogens is 309 g/mol. The summed E-state index contributed by atoms with van der Waals surface area (Å²) in [5, 5.41) is 9.51. The molecule has 1 aromatic carbocycles. The summed E-state index contributed by atoms with van der Waals surface area (Å²) >= 11 is 11.6. The largest absolute Gasteiger partial charge is 0.396 e. The maximum Gasteiger partial charge on any atom is 0.240 e. The Balaban J connectivity index is 2.18. The highest BCUT2D eigenvalue weighted by molar-refractivity contribution is 7.89. The summed E-state index contributed by atoms with van der Waals surface area (Å²) in [7, 11) is -3.63. The normalized spacial score (nSPS) is 17.4. The van der Waals surface area contributed by atoms with Gasteiger partial charge in [0.25, 0.3) is 0 Å². The van der Waals surface area contributed by atoms with Crippen LogP contribution >= 0.6 is 23.2 Å². The van der Waals surface area contributed by atoms with Crippen LogP contribution in [0.15, 0.2) is 23.1 Å². The van der Waals surface area contributed by atoms with E-state index in [1.165, 1.54) is 18.2 Å². The van der Waals surface area contributed by atoms with Crippen molar-refractivity contribution in [2.45, 2.75) is 30.2 Å². The van der Waals surface area contributed by atoms with Crippen LogP contribution in [0.2, 0.25) is 10.0 Å². The molecule has 19 heavy (non-hydrogen) atoms. The molecule has 0 heterocycles. The fourth-order valence-corrected chi connectivity index (χ4v) is 3.67. The van der Waals surface area contributed by atoms with Gasteiger partial charge in [-0.3, -0.25) is 0 Å². The van der Waals surface area contributed by atoms with E-state index in [2.05, 4.69) is 4.72 Å². The van der Waals surface area contributed by atoms with Crippen LogP contribution in [0.4, 0.5) is 0 Å². The Morgan fingerprint density at radius 2 is 2.00 bits per heavy atom. The van der Waals surface area contributed by atoms with Crippen LogP contribution in [0.3, 0.4) is 0 Å². The van der Waals surface area contributed by atoms with E-state index in [9.17, 15) is 8.42 Å². The van der Waals surface area contributed by atoms with Gasteiger partial charge in [0.2, 0.25) is 10.0 Å². The van der Waals surface area contributed by atoms with Crippen LogP contribution in [-0.2, 0) is 10.0 Å². The summed E-state index contributed by atoms with van der Waals surface area (Å²) in [6, 6.07) is 3.98. The number of benzene rings is 1. The van der Waals surface area contributed by atoms with Crippen LogP contribution in [0.25, 0.3) is 0 Å². The molecule has 1 aliphatic carbocycles. The second-order valence-electron chi connectivity index (χ2n) is 4.65. The molecule has 0 saturated heterocycles. The van der Waals surface area contributed by atoms with Gasteiger partial charge < -0.3 is 5.11 Å². The second kappa shape index (κ2) is 5.97. The topological polar surface area (TPSA) is 66.4 Å². The minimum Gasteiger partial charge on any atom is -0.396 e. The minimum absolute atomic E-state index is 0.0366. The standard InChI is InChI=1S/C12H15Cl2NO3S/c13-10-4-3-9(7-11(10)14)19(17,18)15-12(5-6-16)8-1-2-8/h3-4,7-8,12,15-16H,1-2,5-6H2. The van der Waals surface area contributed by atoms with E-state index in [1.54, 1.807) is 0 Å². The monoisotopic (exact) mass is 323 g/mol. The Morgan fingerprint density at radius 1 is 1.32 bits per heavy atom. The molecule has 0 bridgehead atoms. The van der Waals surface area contributed by atoms with Crippen molar-refractivity contribution in [3.8, 4) is 0 Å². The maximum atomic E-state index is 12.2. The third kappa shape index (κ3) is 3.83. The molecule has 1 unspecified atom stereocenters. The molecular formula is C12H15Cl2NO3S. The number of aliphatic hydroxyl groups excluding tert-OH is 1. The zero-order chi connectivity index (χ0) is 14.0. The van der Waals surface area contributed by atoms with Gasteiger partial charge in [0.15, 0.2) is 0 Å². The molecule has 0 amide bonds. The molecule has 0 aromatic heterocycles. The van der Waals surface area contributed by atoms with Crippen LogP contribution in [0.1, 0.15) is 19.3 Å². The first-order valence-corrected chi connectivity index (χ1v) is 8.26. The highest BCUT2D eigenvalue weighted by Gasteiger charge is 2.33. The first-order chi connectivity index (χ1) is 8.94. The predicted molar refractivity (Wildman–Crippen MR) is 75.0 cm³/mol. The zero-order valence-corrected chi connectivity index (χ0v) is 12.5. The van der Waals surface area contributed by atoms with E-state index in [0.717, 1.165) is 12.8 Å². The highest BCUT2D eigenvalue weighted by Crippen LogP contribution is 2.35. The molecule has 1 aromatic rings. The van der Waals surface area contributed by atoms with Crippen molar-refractivity contribution in [1.82, 2.24) is 4.72 Å². The Hall–Kier alpha value is -0.330. The molecule has 0 aliphatic heterocycles. The molecule has 0 spiro atoms. The lowest BCUT2D eigenvalue weighted by atomic mass is 10.1. The smallest absolute Gasteiger partial charge is 0.240 e. The van der Waals surface area contributed by atoms with E-state index < -0.39 is 10.0 Å². The number of nitrogens with one attached hydrogen (secondary N) is 1. The van der Waals surface area contributed by atoms with Gasteiger partial charge in [-0.25, -0.2) is 13.1 Å². The van der Waals surface area contributed by atoms with Gasteiger partial charge in [0, 0.05) is 12.6 Å². The van der Waals surface area contributed by atoms with Crippen molar-refractivity contribution in [2.24, 2.45) is 5.92 Å². The molecule has 106 valence electrons. The Kier molecular flexibility index (Phi) is 4.74. The van der Waals surface area contributed by atoms with Crippen LogP contribution < -0.4 is 4.72 Å². The lowest BCUT2D eigenvalue weighted by Gasteiger charge is -2.17. The Bertz CT molecular complexity index is 558. The summed E-state index contributed by atoms with van der Waals surface area (Å²) in [6.45, 7) is -0.0366. The van der Waals surface area contributed by atoms with Crippen molar-refractivity contribution >= 4 is 33.2 Å². The summed E-state index contributed by atoms with van der Waals surface area (Å²) in [6.07, 6.45) is 2.41. The molecule has 7 heteroatoms. The number of hydrogen-bond acceptors (Lipinski definition) is 3. The quantitative estimate of drug-likeness (QED) is 0.845. The van der Waals surface area contributed by atoms with E-state index in [4.69, 9.17) is 28.3 Å². The summed E-state index contributed by atoms with van der Waals surface area (Å²) in [5.74, 6) is 0.324. The maximum absolute atomic E-state index is 12.2. The fourth-order valence-electron chi connectivity index (χ4n) is 1.94. The fraction of sp³-hybridized carbons (Fsp3) is 0.500. The van der Waals surface area contributed by atoms with Gasteiger partial charge in [0.05, 0.1) is 14.9 Å². The summed E-state index contributed by atoms with van der Waals surface area (Å²) < 4.78 is 27.1. The van der Waals surface area contributed by atoms with Gasteiger partial charge >= 0.3 is 0 Å². The summed E-state index contributed by atoms with van der Waals surface area (Å²) in [4.78, 5) is 0.0884. The molecule has 1 aliphatic rings. The molecule has 0 radical (unpaired) electrons. The van der Waals surface area contributed by atoms with Gasteiger partial charge in [-0.2, -0.15) is 0 Å². The average molecular weight is 324 g/mol. The van der Waals surface area contributed by atoms with Gasteiger partial charge in [-0.1, -0.05) is 23.2 Å². The average Bonchev–Trinajstić information content (AvgIpc) is 3.16. The van der Waals surface area contributed by atoms with Gasteiger partial charge in [0.1, 0.15) is 0 Å². The summed E-state index contributed by atoms with van der Waals surface area (Å²) in [5.41, 5.74) is 0. The molecule has 1 fully saturated rings. The predicted octanol–water partition coefficient (Wildman–Crippen LogP) is 2.43. The molecule has 2 N–H and O–H groups in total. The SMILES string of the molecule is O=S(=O)(NC(CCO)C1CC1)c1ccc(Cl)c(Cl)c1. The highest BCUT2D eigenvalue weighted by atomic mass is 35.5. The van der Waals surface area contributed by atoms with E-state index in [0.29, 0.717) is 17.4 Å². The second-order valence-corrected chi connectivity index (χ2v) is 7.18. The van der Waals surface area contributed by atoms with Crippen molar-refractivity contribution in [2.75, 3.05) is 6.61 Å². The van der Waals surface area contributed by atoms with Crippen LogP contribution in [0.5, 0.6) is 0 Å². The van der Waals surface area contributed by atoms with Crippen LogP contribution in [-0.4, -0.2) is 26.2 Å². The number of aliphatic hydroxyl groups is 1. The minimum atomic E-state index is -3.63. The van der Waals surface area contributed by atoms with E-state index in [-0.39, 0.29) is 22.6 Å². The van der Waals surface area contributed by atoms with Crippen LogP contribution in [0, 0.1) is 5.92 Å². The third-order valence-corrected chi connectivity index (χ3v) is 5.37. The van der Waals surface area contributed by atoms with Gasteiger partial charge in [-0.15, -0.1) is 0 Å². The number of halogens is 2. The lowest BCUT2D eigenvalue weighted by Crippen LogP contribution is -2.37. The van der Waals surface area contributed by atoms with Crippen molar-refractivity contribution < 1.29 is 13.5 Å². The first-order valence-electron chi connectivity index (χ1n) is 6.02. The van der Waals surface area contributed by atoms with Crippen molar-refractivity contribution in [3.63, 3.8) is 0 Å². The Labute approximate surface area is 122 Å². The number of sulfonamides is 1. The first kappa shape index (κ1) is 15.1.